The highest BCUT2D eigenvalue weighted by Crippen LogP contribution is 2.19. The maximum Gasteiger partial charge on any atom is 0.0993 e. The van der Waals surface area contributed by atoms with Gasteiger partial charge in [-0.2, -0.15) is 0 Å². The van der Waals surface area contributed by atoms with E-state index in [4.69, 9.17) is 4.99 Å². The third-order valence-corrected chi connectivity index (χ3v) is 4.55. The Morgan fingerprint density at radius 2 is 1.52 bits per heavy atom. The number of aliphatic imine (C=N–C) groups is 1. The normalized spacial score (nSPS) is 18.3. The van der Waals surface area contributed by atoms with Crippen LogP contribution in [-0.2, 0) is 0 Å². The predicted octanol–water partition coefficient (Wildman–Crippen LogP) is 5.81. The average Bonchev–Trinajstić information content (AvgIpc) is 2.88. The second-order valence-corrected chi connectivity index (χ2v) is 6.66. The van der Waals surface area contributed by atoms with Gasteiger partial charge in [0.05, 0.1) is 11.9 Å². The van der Waals surface area contributed by atoms with Crippen molar-refractivity contribution < 1.29 is 0 Å². The zero-order valence-corrected chi connectivity index (χ0v) is 14.9. The summed E-state index contributed by atoms with van der Waals surface area (Å²) in [6, 6.07) is 0.597. The summed E-state index contributed by atoms with van der Waals surface area (Å²) in [7, 11) is 0. The van der Waals surface area contributed by atoms with Crippen LogP contribution in [0.3, 0.4) is 0 Å². The molecule has 2 heteroatoms. The van der Waals surface area contributed by atoms with E-state index < -0.39 is 0 Å². The Morgan fingerprint density at radius 3 is 2.19 bits per heavy atom. The summed E-state index contributed by atoms with van der Waals surface area (Å²) in [6.07, 6.45) is 16.0. The van der Waals surface area contributed by atoms with Crippen LogP contribution in [0.15, 0.2) is 4.99 Å². The van der Waals surface area contributed by atoms with E-state index in [0.29, 0.717) is 6.04 Å². The molecule has 1 heterocycles. The van der Waals surface area contributed by atoms with E-state index in [1.54, 1.807) is 0 Å². The fourth-order valence-electron chi connectivity index (χ4n) is 3.16. The van der Waals surface area contributed by atoms with E-state index in [1.165, 1.54) is 96.0 Å². The molecule has 0 saturated heterocycles. The highest BCUT2D eigenvalue weighted by molar-refractivity contribution is 5.84. The molecule has 0 fully saturated rings. The highest BCUT2D eigenvalue weighted by atomic mass is 15.2. The monoisotopic (exact) mass is 294 g/mol. The number of unbranched alkanes of at least 4 members (excludes halogenated alkanes) is 7. The van der Waals surface area contributed by atoms with Crippen molar-refractivity contribution in [2.75, 3.05) is 13.1 Å². The molecular formula is C19H38N2. The van der Waals surface area contributed by atoms with Gasteiger partial charge in [-0.15, -0.1) is 0 Å². The molecule has 2 nitrogen and oxygen atoms in total. The van der Waals surface area contributed by atoms with Gasteiger partial charge in [0, 0.05) is 19.5 Å². The molecule has 0 amide bonds. The van der Waals surface area contributed by atoms with Crippen molar-refractivity contribution in [1.29, 1.82) is 0 Å². The van der Waals surface area contributed by atoms with Crippen molar-refractivity contribution in [1.82, 2.24) is 4.90 Å². The topological polar surface area (TPSA) is 15.6 Å². The number of rotatable bonds is 13. The minimum Gasteiger partial charge on any atom is -0.358 e. The molecular weight excluding hydrogens is 256 g/mol. The molecule has 0 saturated carbocycles. The molecule has 1 aliphatic rings. The average molecular weight is 295 g/mol. The van der Waals surface area contributed by atoms with Crippen LogP contribution < -0.4 is 0 Å². The summed E-state index contributed by atoms with van der Waals surface area (Å²) in [4.78, 5) is 7.66. The largest absolute Gasteiger partial charge is 0.358 e. The predicted molar refractivity (Wildman–Crippen MR) is 95.2 cm³/mol. The number of hydrogen-bond acceptors (Lipinski definition) is 2. The molecule has 1 aliphatic heterocycles. The van der Waals surface area contributed by atoms with Crippen molar-refractivity contribution >= 4 is 5.84 Å². The smallest absolute Gasteiger partial charge is 0.0993 e. The van der Waals surface area contributed by atoms with Gasteiger partial charge in [-0.25, -0.2) is 0 Å². The molecule has 0 radical (unpaired) electrons. The SMILES string of the molecule is CCCCCCC1=NC(CCCCCC)CN1CCCC. The van der Waals surface area contributed by atoms with Crippen LogP contribution in [-0.4, -0.2) is 29.9 Å². The molecule has 0 aromatic rings. The first kappa shape index (κ1) is 18.5. The van der Waals surface area contributed by atoms with E-state index in [2.05, 4.69) is 25.7 Å². The van der Waals surface area contributed by atoms with Crippen molar-refractivity contribution in [2.45, 2.75) is 104 Å². The maximum absolute atomic E-state index is 5.06. The van der Waals surface area contributed by atoms with Gasteiger partial charge in [-0.3, -0.25) is 4.99 Å². The molecule has 1 rings (SSSR count). The third-order valence-electron chi connectivity index (χ3n) is 4.55. The van der Waals surface area contributed by atoms with Crippen molar-refractivity contribution in [3.8, 4) is 0 Å². The fraction of sp³-hybridized carbons (Fsp3) is 0.947. The van der Waals surface area contributed by atoms with Crippen molar-refractivity contribution in [3.63, 3.8) is 0 Å². The second-order valence-electron chi connectivity index (χ2n) is 6.66. The fourth-order valence-corrected chi connectivity index (χ4v) is 3.16. The molecule has 124 valence electrons. The third kappa shape index (κ3) is 7.87. The summed E-state index contributed by atoms with van der Waals surface area (Å²) >= 11 is 0. The summed E-state index contributed by atoms with van der Waals surface area (Å²) < 4.78 is 0. The van der Waals surface area contributed by atoms with Gasteiger partial charge in [0.15, 0.2) is 0 Å². The van der Waals surface area contributed by atoms with Gasteiger partial charge in [-0.1, -0.05) is 72.1 Å². The lowest BCUT2D eigenvalue weighted by atomic mass is 10.1. The summed E-state index contributed by atoms with van der Waals surface area (Å²) in [5, 5.41) is 0. The Kier molecular flexibility index (Phi) is 10.6. The molecule has 21 heavy (non-hydrogen) atoms. The Labute approximate surface area is 133 Å². The quantitative estimate of drug-likeness (QED) is 0.391. The van der Waals surface area contributed by atoms with Crippen LogP contribution in [0.25, 0.3) is 0 Å². The first-order valence-electron chi connectivity index (χ1n) is 9.63. The van der Waals surface area contributed by atoms with E-state index in [1.807, 2.05) is 0 Å². The minimum atomic E-state index is 0.597. The van der Waals surface area contributed by atoms with Crippen LogP contribution in [0.2, 0.25) is 0 Å². The Hall–Kier alpha value is -0.530. The Bertz CT molecular complexity index is 273. The molecule has 0 aromatic heterocycles. The first-order valence-corrected chi connectivity index (χ1v) is 9.63. The molecule has 0 spiro atoms. The van der Waals surface area contributed by atoms with Crippen LogP contribution in [0, 0.1) is 0 Å². The van der Waals surface area contributed by atoms with Crippen LogP contribution in [0.1, 0.15) is 97.8 Å². The number of nitrogens with zero attached hydrogens (tertiary/aromatic N) is 2. The lowest BCUT2D eigenvalue weighted by Gasteiger charge is -2.21. The lowest BCUT2D eigenvalue weighted by Crippen LogP contribution is -2.30. The first-order chi connectivity index (χ1) is 10.3. The zero-order chi connectivity index (χ0) is 15.3. The van der Waals surface area contributed by atoms with Gasteiger partial charge in [0.25, 0.3) is 0 Å². The van der Waals surface area contributed by atoms with E-state index in [-0.39, 0.29) is 0 Å². The van der Waals surface area contributed by atoms with Gasteiger partial charge in [0.1, 0.15) is 0 Å². The molecule has 0 N–H and O–H groups in total. The zero-order valence-electron chi connectivity index (χ0n) is 14.9. The van der Waals surface area contributed by atoms with Gasteiger partial charge in [0.2, 0.25) is 0 Å². The summed E-state index contributed by atoms with van der Waals surface area (Å²) in [5.74, 6) is 1.43. The van der Waals surface area contributed by atoms with Crippen LogP contribution in [0.4, 0.5) is 0 Å². The van der Waals surface area contributed by atoms with Gasteiger partial charge in [-0.05, 0) is 19.3 Å². The van der Waals surface area contributed by atoms with Crippen molar-refractivity contribution in [3.05, 3.63) is 0 Å². The molecule has 0 bridgehead atoms. The number of amidine groups is 1. The van der Waals surface area contributed by atoms with E-state index in [9.17, 15) is 0 Å². The van der Waals surface area contributed by atoms with E-state index in [0.717, 1.165) is 0 Å². The Balaban J connectivity index is 2.34. The lowest BCUT2D eigenvalue weighted by molar-refractivity contribution is 0.393. The molecule has 1 unspecified atom stereocenters. The van der Waals surface area contributed by atoms with Gasteiger partial charge >= 0.3 is 0 Å². The van der Waals surface area contributed by atoms with E-state index >= 15 is 0 Å². The maximum atomic E-state index is 5.06. The van der Waals surface area contributed by atoms with Crippen LogP contribution in [0.5, 0.6) is 0 Å². The highest BCUT2D eigenvalue weighted by Gasteiger charge is 2.23. The minimum absolute atomic E-state index is 0.597. The Morgan fingerprint density at radius 1 is 0.857 bits per heavy atom. The summed E-state index contributed by atoms with van der Waals surface area (Å²) in [5.41, 5.74) is 0. The second kappa shape index (κ2) is 12.1. The molecule has 1 atom stereocenters. The summed E-state index contributed by atoms with van der Waals surface area (Å²) in [6.45, 7) is 9.29. The van der Waals surface area contributed by atoms with Crippen molar-refractivity contribution in [2.24, 2.45) is 4.99 Å². The standard InChI is InChI=1S/C19H38N2/c1-4-7-10-12-14-18-17-21(16-9-6-3)19(20-18)15-13-11-8-5-2/h18H,4-17H2,1-3H3. The molecule has 0 aliphatic carbocycles. The van der Waals surface area contributed by atoms with Crippen LogP contribution >= 0.6 is 0 Å². The number of hydrogen-bond donors (Lipinski definition) is 0. The van der Waals surface area contributed by atoms with Gasteiger partial charge < -0.3 is 4.90 Å². The molecule has 0 aromatic carbocycles.